The molecule has 2 aromatic heterocycles. The maximum Gasteiger partial charge on any atom is 0.419 e. The Hall–Kier alpha value is -3.15. The molecule has 208 valence electrons. The highest BCUT2D eigenvalue weighted by Gasteiger charge is 2.38. The molecule has 0 saturated carbocycles. The molecule has 2 atom stereocenters. The van der Waals surface area contributed by atoms with Crippen molar-refractivity contribution in [2.24, 2.45) is 0 Å². The molecule has 2 saturated heterocycles. The Balaban J connectivity index is 1.46. The standard InChI is InChI=1S/C27H30ClF3N6O2/c1-17-14-35(25-22(27(29,30)31)11-19(15-38)13-32-25)7-8-36(17)24-12-23(20-3-5-21(28)6-4-20)33-26(34-24)37-9-10-39-16-18(37)2/h3-6,11-13,17-18,38H,7-10,14-16H2,1-2H3/t17-,18-/m1/s1. The number of halogens is 4. The minimum absolute atomic E-state index is 0.0927. The van der Waals surface area contributed by atoms with E-state index in [-0.39, 0.29) is 23.5 Å². The van der Waals surface area contributed by atoms with E-state index in [0.717, 1.165) is 17.3 Å². The minimum Gasteiger partial charge on any atom is -0.392 e. The molecule has 39 heavy (non-hydrogen) atoms. The lowest BCUT2D eigenvalue weighted by Crippen LogP contribution is -2.53. The molecule has 12 heteroatoms. The summed E-state index contributed by atoms with van der Waals surface area (Å²) in [5.74, 6) is 1.16. The molecule has 8 nitrogen and oxygen atoms in total. The number of nitrogens with zero attached hydrogens (tertiary/aromatic N) is 6. The van der Waals surface area contributed by atoms with Crippen LogP contribution >= 0.6 is 11.6 Å². The third-order valence-electron chi connectivity index (χ3n) is 7.10. The Kier molecular flexibility index (Phi) is 7.84. The van der Waals surface area contributed by atoms with Gasteiger partial charge in [0.2, 0.25) is 5.95 Å². The second-order valence-electron chi connectivity index (χ2n) is 9.89. The van der Waals surface area contributed by atoms with Gasteiger partial charge in [-0.05, 0) is 37.6 Å². The van der Waals surface area contributed by atoms with Crippen LogP contribution in [0.1, 0.15) is 25.0 Å². The Morgan fingerprint density at radius 2 is 1.79 bits per heavy atom. The van der Waals surface area contributed by atoms with E-state index in [1.165, 1.54) is 6.20 Å². The van der Waals surface area contributed by atoms with E-state index in [0.29, 0.717) is 56.2 Å². The Labute approximate surface area is 230 Å². The predicted octanol–water partition coefficient (Wildman–Crippen LogP) is 4.64. The van der Waals surface area contributed by atoms with Gasteiger partial charge < -0.3 is 24.5 Å². The molecule has 4 heterocycles. The first-order chi connectivity index (χ1) is 18.6. The van der Waals surface area contributed by atoms with Gasteiger partial charge in [0.25, 0.3) is 0 Å². The van der Waals surface area contributed by atoms with E-state index in [9.17, 15) is 18.3 Å². The van der Waals surface area contributed by atoms with Crippen LogP contribution in [-0.4, -0.2) is 71.5 Å². The monoisotopic (exact) mass is 562 g/mol. The van der Waals surface area contributed by atoms with Gasteiger partial charge >= 0.3 is 6.18 Å². The number of aliphatic hydroxyl groups excluding tert-OH is 1. The summed E-state index contributed by atoms with van der Waals surface area (Å²) in [7, 11) is 0. The summed E-state index contributed by atoms with van der Waals surface area (Å²) in [5.41, 5.74) is 0.906. The van der Waals surface area contributed by atoms with Crippen LogP contribution in [0.2, 0.25) is 5.02 Å². The van der Waals surface area contributed by atoms with Crippen LogP contribution in [0, 0.1) is 0 Å². The number of aliphatic hydroxyl groups is 1. The van der Waals surface area contributed by atoms with Gasteiger partial charge in [0.05, 0.1) is 37.1 Å². The lowest BCUT2D eigenvalue weighted by atomic mass is 10.1. The molecule has 0 amide bonds. The van der Waals surface area contributed by atoms with Crippen molar-refractivity contribution in [3.63, 3.8) is 0 Å². The highest BCUT2D eigenvalue weighted by Crippen LogP contribution is 2.37. The number of hydrogen-bond donors (Lipinski definition) is 1. The number of aromatic nitrogens is 3. The summed E-state index contributed by atoms with van der Waals surface area (Å²) in [6.07, 6.45) is -3.29. The number of ether oxygens (including phenoxy) is 1. The lowest BCUT2D eigenvalue weighted by Gasteiger charge is -2.42. The van der Waals surface area contributed by atoms with E-state index < -0.39 is 18.3 Å². The maximum absolute atomic E-state index is 13.8. The molecular weight excluding hydrogens is 533 g/mol. The smallest absolute Gasteiger partial charge is 0.392 e. The number of benzene rings is 1. The average Bonchev–Trinajstić information content (AvgIpc) is 2.92. The second-order valence-corrected chi connectivity index (χ2v) is 10.3. The van der Waals surface area contributed by atoms with Crippen molar-refractivity contribution in [3.05, 3.63) is 58.7 Å². The zero-order valence-corrected chi connectivity index (χ0v) is 22.5. The topological polar surface area (TPSA) is 77.9 Å². The Bertz CT molecular complexity index is 1310. The average molecular weight is 563 g/mol. The summed E-state index contributed by atoms with van der Waals surface area (Å²) in [4.78, 5) is 19.7. The molecule has 0 aliphatic carbocycles. The van der Waals surface area contributed by atoms with Gasteiger partial charge in [-0.3, -0.25) is 0 Å². The molecular formula is C27H30ClF3N6O2. The number of anilines is 3. The summed E-state index contributed by atoms with van der Waals surface area (Å²) in [5, 5.41) is 9.95. The van der Waals surface area contributed by atoms with E-state index in [1.54, 1.807) is 4.90 Å². The number of pyridine rings is 1. The van der Waals surface area contributed by atoms with Crippen molar-refractivity contribution >= 4 is 29.2 Å². The third-order valence-corrected chi connectivity index (χ3v) is 7.35. The first kappa shape index (κ1) is 27.4. The number of rotatable bonds is 5. The highest BCUT2D eigenvalue weighted by atomic mass is 35.5. The molecule has 0 unspecified atom stereocenters. The van der Waals surface area contributed by atoms with Crippen molar-refractivity contribution < 1.29 is 23.0 Å². The fourth-order valence-electron chi connectivity index (χ4n) is 5.03. The summed E-state index contributed by atoms with van der Waals surface area (Å²) < 4.78 is 47.1. The first-order valence-corrected chi connectivity index (χ1v) is 13.2. The van der Waals surface area contributed by atoms with Crippen molar-refractivity contribution in [1.82, 2.24) is 15.0 Å². The zero-order chi connectivity index (χ0) is 27.7. The van der Waals surface area contributed by atoms with Gasteiger partial charge in [-0.25, -0.2) is 9.97 Å². The van der Waals surface area contributed by atoms with Gasteiger partial charge in [-0.15, -0.1) is 0 Å². The van der Waals surface area contributed by atoms with Crippen LogP contribution in [-0.2, 0) is 17.5 Å². The molecule has 3 aromatic rings. The first-order valence-electron chi connectivity index (χ1n) is 12.8. The molecule has 0 radical (unpaired) electrons. The second kappa shape index (κ2) is 11.1. The zero-order valence-electron chi connectivity index (χ0n) is 21.7. The molecule has 2 fully saturated rings. The van der Waals surface area contributed by atoms with E-state index in [2.05, 4.69) is 21.7 Å². The van der Waals surface area contributed by atoms with Gasteiger partial charge in [-0.2, -0.15) is 18.2 Å². The molecule has 5 rings (SSSR count). The van der Waals surface area contributed by atoms with E-state index in [1.807, 2.05) is 37.3 Å². The van der Waals surface area contributed by atoms with Gasteiger partial charge in [0.1, 0.15) is 11.6 Å². The van der Waals surface area contributed by atoms with E-state index in [4.69, 9.17) is 26.3 Å². The normalized spacial score (nSPS) is 20.4. The molecule has 1 N–H and O–H groups in total. The van der Waals surface area contributed by atoms with Crippen LogP contribution in [0.15, 0.2) is 42.6 Å². The summed E-state index contributed by atoms with van der Waals surface area (Å²) in [6, 6.07) is 10.2. The largest absolute Gasteiger partial charge is 0.419 e. The van der Waals surface area contributed by atoms with Crippen LogP contribution in [0.5, 0.6) is 0 Å². The molecule has 1 aromatic carbocycles. The summed E-state index contributed by atoms with van der Waals surface area (Å²) in [6.45, 7) is 6.40. The predicted molar refractivity (Wildman–Crippen MR) is 144 cm³/mol. The van der Waals surface area contributed by atoms with Gasteiger partial charge in [0.15, 0.2) is 0 Å². The highest BCUT2D eigenvalue weighted by molar-refractivity contribution is 6.30. The SMILES string of the molecule is C[C@@H]1CN(c2ncc(CO)cc2C(F)(F)F)CCN1c1cc(-c2ccc(Cl)cc2)nc(N2CCOC[C@H]2C)n1. The van der Waals surface area contributed by atoms with Crippen LogP contribution in [0.25, 0.3) is 11.3 Å². The molecule has 2 aliphatic heterocycles. The summed E-state index contributed by atoms with van der Waals surface area (Å²) >= 11 is 6.11. The number of piperazine rings is 1. The van der Waals surface area contributed by atoms with E-state index >= 15 is 0 Å². The minimum atomic E-state index is -4.59. The van der Waals surface area contributed by atoms with Crippen molar-refractivity contribution in [1.29, 1.82) is 0 Å². The fraction of sp³-hybridized carbons (Fsp3) is 0.444. The quantitative estimate of drug-likeness (QED) is 0.482. The third kappa shape index (κ3) is 5.90. The van der Waals surface area contributed by atoms with Crippen molar-refractivity contribution in [2.75, 3.05) is 54.1 Å². The van der Waals surface area contributed by atoms with Crippen LogP contribution in [0.3, 0.4) is 0 Å². The lowest BCUT2D eigenvalue weighted by molar-refractivity contribution is -0.137. The van der Waals surface area contributed by atoms with Crippen LogP contribution < -0.4 is 14.7 Å². The van der Waals surface area contributed by atoms with Crippen LogP contribution in [0.4, 0.5) is 30.8 Å². The van der Waals surface area contributed by atoms with Gasteiger partial charge in [-0.1, -0.05) is 23.7 Å². The molecule has 2 aliphatic rings. The number of morpholine rings is 1. The number of alkyl halides is 3. The fourth-order valence-corrected chi connectivity index (χ4v) is 5.15. The maximum atomic E-state index is 13.8. The van der Waals surface area contributed by atoms with Crippen molar-refractivity contribution in [3.8, 4) is 11.3 Å². The Morgan fingerprint density at radius 3 is 2.46 bits per heavy atom. The van der Waals surface area contributed by atoms with Crippen molar-refractivity contribution in [2.45, 2.75) is 38.7 Å². The molecule has 0 spiro atoms. The Morgan fingerprint density at radius 1 is 1.03 bits per heavy atom. The van der Waals surface area contributed by atoms with Gasteiger partial charge in [0, 0.05) is 55.1 Å². The molecule has 0 bridgehead atoms. The number of hydrogen-bond acceptors (Lipinski definition) is 8.